The van der Waals surface area contributed by atoms with Crippen LogP contribution in [0.5, 0.6) is 0 Å². The lowest BCUT2D eigenvalue weighted by molar-refractivity contribution is 0.0745. The molecule has 0 spiro atoms. The minimum Gasteiger partial charge on any atom is -0.329 e. The smallest absolute Gasteiger partial charge is 0.0360 e. The Morgan fingerprint density at radius 1 is 1.42 bits per heavy atom. The molecule has 1 aliphatic rings. The molecule has 1 aromatic rings. The largest absolute Gasteiger partial charge is 0.329 e. The van der Waals surface area contributed by atoms with Gasteiger partial charge in [0.25, 0.3) is 0 Å². The van der Waals surface area contributed by atoms with Crippen LogP contribution >= 0.6 is 15.9 Å². The highest BCUT2D eigenvalue weighted by atomic mass is 79.9. The van der Waals surface area contributed by atoms with Gasteiger partial charge < -0.3 is 5.73 Å². The van der Waals surface area contributed by atoms with E-state index >= 15 is 0 Å². The molecule has 0 radical (unpaired) electrons. The maximum Gasteiger partial charge on any atom is 0.0360 e. The van der Waals surface area contributed by atoms with E-state index in [0.717, 1.165) is 19.0 Å². The molecule has 2 rings (SSSR count). The second-order valence-electron chi connectivity index (χ2n) is 5.75. The highest BCUT2D eigenvalue weighted by molar-refractivity contribution is 9.10. The molecule has 0 aliphatic heterocycles. The Hall–Kier alpha value is -0.380. The molecule has 0 saturated heterocycles. The second kappa shape index (κ2) is 6.38. The molecule has 0 amide bonds. The van der Waals surface area contributed by atoms with Gasteiger partial charge in [-0.2, -0.15) is 0 Å². The van der Waals surface area contributed by atoms with Crippen LogP contribution in [-0.4, -0.2) is 24.0 Å². The third-order valence-electron chi connectivity index (χ3n) is 4.89. The fourth-order valence-corrected chi connectivity index (χ4v) is 4.09. The summed E-state index contributed by atoms with van der Waals surface area (Å²) in [6.45, 7) is 4.04. The zero-order valence-corrected chi connectivity index (χ0v) is 13.6. The molecule has 1 aromatic carbocycles. The van der Waals surface area contributed by atoms with E-state index in [4.69, 9.17) is 5.73 Å². The SMILES string of the molecule is CCC1CCCC1(CN)N(C)Cc1ccccc1Br. The van der Waals surface area contributed by atoms with E-state index < -0.39 is 0 Å². The minimum atomic E-state index is 0.198. The lowest BCUT2D eigenvalue weighted by atomic mass is 9.83. The highest BCUT2D eigenvalue weighted by Crippen LogP contribution is 2.41. The Kier molecular flexibility index (Phi) is 5.04. The first kappa shape index (κ1) is 15.0. The van der Waals surface area contributed by atoms with Gasteiger partial charge in [0.15, 0.2) is 0 Å². The van der Waals surface area contributed by atoms with E-state index in [9.17, 15) is 0 Å². The number of halogens is 1. The van der Waals surface area contributed by atoms with Crippen molar-refractivity contribution in [2.24, 2.45) is 11.7 Å². The fraction of sp³-hybridized carbons (Fsp3) is 0.625. The van der Waals surface area contributed by atoms with Crippen LogP contribution in [0.2, 0.25) is 0 Å². The number of hydrogen-bond donors (Lipinski definition) is 1. The molecular formula is C16H25BrN2. The van der Waals surface area contributed by atoms with Crippen LogP contribution in [-0.2, 0) is 6.54 Å². The first-order valence-electron chi connectivity index (χ1n) is 7.28. The Morgan fingerprint density at radius 3 is 2.79 bits per heavy atom. The van der Waals surface area contributed by atoms with Gasteiger partial charge >= 0.3 is 0 Å². The van der Waals surface area contributed by atoms with E-state index in [1.165, 1.54) is 35.7 Å². The summed E-state index contributed by atoms with van der Waals surface area (Å²) in [5, 5.41) is 0. The van der Waals surface area contributed by atoms with E-state index in [1.54, 1.807) is 0 Å². The van der Waals surface area contributed by atoms with Gasteiger partial charge in [-0.15, -0.1) is 0 Å². The van der Waals surface area contributed by atoms with Crippen LogP contribution in [0.4, 0.5) is 0 Å². The first-order valence-corrected chi connectivity index (χ1v) is 8.08. The summed E-state index contributed by atoms with van der Waals surface area (Å²) in [5.74, 6) is 0.741. The Morgan fingerprint density at radius 2 is 2.16 bits per heavy atom. The number of rotatable bonds is 5. The highest BCUT2D eigenvalue weighted by Gasteiger charge is 2.43. The lowest BCUT2D eigenvalue weighted by Gasteiger charge is -2.43. The molecule has 19 heavy (non-hydrogen) atoms. The Bertz CT molecular complexity index is 421. The quantitative estimate of drug-likeness (QED) is 0.892. The summed E-state index contributed by atoms with van der Waals surface area (Å²) >= 11 is 3.65. The van der Waals surface area contributed by atoms with Crippen molar-refractivity contribution in [3.05, 3.63) is 34.3 Å². The summed E-state index contributed by atoms with van der Waals surface area (Å²) in [6, 6.07) is 8.48. The van der Waals surface area contributed by atoms with Crippen molar-refractivity contribution in [2.45, 2.75) is 44.7 Å². The van der Waals surface area contributed by atoms with Crippen molar-refractivity contribution in [3.8, 4) is 0 Å². The summed E-state index contributed by atoms with van der Waals surface area (Å²) < 4.78 is 1.19. The molecule has 0 bridgehead atoms. The summed E-state index contributed by atoms with van der Waals surface area (Å²) in [6.07, 6.45) is 5.12. The predicted molar refractivity (Wildman–Crippen MR) is 85.0 cm³/mol. The molecule has 2 unspecified atom stereocenters. The fourth-order valence-electron chi connectivity index (χ4n) is 3.68. The van der Waals surface area contributed by atoms with Crippen molar-refractivity contribution < 1.29 is 0 Å². The zero-order valence-electron chi connectivity index (χ0n) is 12.0. The lowest BCUT2D eigenvalue weighted by Crippen LogP contribution is -2.54. The molecule has 2 nitrogen and oxygen atoms in total. The van der Waals surface area contributed by atoms with Crippen LogP contribution in [0, 0.1) is 5.92 Å². The van der Waals surface area contributed by atoms with Gasteiger partial charge in [-0.25, -0.2) is 0 Å². The van der Waals surface area contributed by atoms with Crippen LogP contribution in [0.3, 0.4) is 0 Å². The van der Waals surface area contributed by atoms with Crippen molar-refractivity contribution in [1.82, 2.24) is 4.90 Å². The molecule has 106 valence electrons. The number of nitrogens with two attached hydrogens (primary N) is 1. The van der Waals surface area contributed by atoms with Gasteiger partial charge in [0, 0.05) is 23.1 Å². The average Bonchev–Trinajstić information content (AvgIpc) is 2.85. The molecule has 3 heteroatoms. The van der Waals surface area contributed by atoms with Crippen molar-refractivity contribution in [2.75, 3.05) is 13.6 Å². The number of likely N-dealkylation sites (N-methyl/N-ethyl adjacent to an activating group) is 1. The van der Waals surface area contributed by atoms with Crippen LogP contribution in [0.25, 0.3) is 0 Å². The van der Waals surface area contributed by atoms with E-state index in [-0.39, 0.29) is 5.54 Å². The molecule has 1 aliphatic carbocycles. The zero-order chi connectivity index (χ0) is 13.9. The second-order valence-corrected chi connectivity index (χ2v) is 6.61. The molecule has 1 saturated carbocycles. The number of hydrogen-bond acceptors (Lipinski definition) is 2. The average molecular weight is 325 g/mol. The van der Waals surface area contributed by atoms with Gasteiger partial charge in [0.2, 0.25) is 0 Å². The predicted octanol–water partition coefficient (Wildman–Crippen LogP) is 3.79. The van der Waals surface area contributed by atoms with Crippen molar-refractivity contribution in [1.29, 1.82) is 0 Å². The normalized spacial score (nSPS) is 27.1. The number of benzene rings is 1. The minimum absolute atomic E-state index is 0.198. The van der Waals surface area contributed by atoms with Crippen LogP contribution in [0.15, 0.2) is 28.7 Å². The number of nitrogens with zero attached hydrogens (tertiary/aromatic N) is 1. The van der Waals surface area contributed by atoms with E-state index in [0.29, 0.717) is 0 Å². The maximum absolute atomic E-state index is 6.17. The Balaban J connectivity index is 2.18. The third-order valence-corrected chi connectivity index (χ3v) is 5.67. The molecule has 0 heterocycles. The van der Waals surface area contributed by atoms with Gasteiger partial charge in [0.1, 0.15) is 0 Å². The third kappa shape index (κ3) is 2.88. The van der Waals surface area contributed by atoms with Gasteiger partial charge in [-0.1, -0.05) is 53.9 Å². The van der Waals surface area contributed by atoms with Crippen LogP contribution < -0.4 is 5.73 Å². The standard InChI is InChI=1S/C16H25BrN2/c1-3-14-8-6-10-16(14,12-18)19(2)11-13-7-4-5-9-15(13)17/h4-5,7,9,14H,3,6,8,10-12,18H2,1-2H3. The van der Waals surface area contributed by atoms with Gasteiger partial charge in [0.05, 0.1) is 0 Å². The molecule has 2 atom stereocenters. The van der Waals surface area contributed by atoms with E-state index in [1.807, 2.05) is 0 Å². The topological polar surface area (TPSA) is 29.3 Å². The van der Waals surface area contributed by atoms with E-state index in [2.05, 4.69) is 59.1 Å². The van der Waals surface area contributed by atoms with Gasteiger partial charge in [-0.3, -0.25) is 4.90 Å². The summed E-state index contributed by atoms with van der Waals surface area (Å²) in [5.41, 5.74) is 7.72. The monoisotopic (exact) mass is 324 g/mol. The molecule has 0 aromatic heterocycles. The van der Waals surface area contributed by atoms with Gasteiger partial charge in [-0.05, 0) is 37.4 Å². The first-order chi connectivity index (χ1) is 9.14. The molecule has 1 fully saturated rings. The van der Waals surface area contributed by atoms with Crippen LogP contribution in [0.1, 0.15) is 38.2 Å². The molecule has 2 N–H and O–H groups in total. The Labute approximate surface area is 125 Å². The van der Waals surface area contributed by atoms with Crippen molar-refractivity contribution in [3.63, 3.8) is 0 Å². The molecular weight excluding hydrogens is 300 g/mol. The maximum atomic E-state index is 6.17. The summed E-state index contributed by atoms with van der Waals surface area (Å²) in [4.78, 5) is 2.49. The van der Waals surface area contributed by atoms with Crippen molar-refractivity contribution >= 4 is 15.9 Å². The summed E-state index contributed by atoms with van der Waals surface area (Å²) in [7, 11) is 2.24.